The molecule has 5 heteroatoms. The maximum Gasteiger partial charge on any atom is 0.152 e. The van der Waals surface area contributed by atoms with Crippen molar-refractivity contribution in [3.63, 3.8) is 0 Å². The van der Waals surface area contributed by atoms with Crippen molar-refractivity contribution in [2.24, 2.45) is 0 Å². The molecule has 2 aromatic rings. The molecule has 0 saturated heterocycles. The third-order valence-corrected chi connectivity index (χ3v) is 2.21. The molecule has 0 aromatic carbocycles. The molecule has 0 aliphatic carbocycles. The summed E-state index contributed by atoms with van der Waals surface area (Å²) in [6.07, 6.45) is 1.76. The van der Waals surface area contributed by atoms with Gasteiger partial charge in [0, 0.05) is 12.1 Å². The first-order valence-corrected chi connectivity index (χ1v) is 5.25. The van der Waals surface area contributed by atoms with Crippen LogP contribution in [0.2, 0.25) is 0 Å². The van der Waals surface area contributed by atoms with Crippen LogP contribution in [-0.2, 0) is 11.4 Å². The van der Waals surface area contributed by atoms with Gasteiger partial charge in [-0.25, -0.2) is 0 Å². The smallest absolute Gasteiger partial charge is 0.152 e. The van der Waals surface area contributed by atoms with Crippen LogP contribution in [0, 0.1) is 6.92 Å². The zero-order valence-corrected chi connectivity index (χ0v) is 9.41. The average molecular weight is 221 g/mol. The number of aromatic amines is 1. The van der Waals surface area contributed by atoms with Gasteiger partial charge in [0.1, 0.15) is 11.5 Å². The molecule has 0 amide bonds. The van der Waals surface area contributed by atoms with E-state index in [0.29, 0.717) is 13.2 Å². The molecule has 2 N–H and O–H groups in total. The summed E-state index contributed by atoms with van der Waals surface area (Å²) >= 11 is 0. The van der Waals surface area contributed by atoms with Crippen LogP contribution in [-0.4, -0.2) is 16.8 Å². The Labute approximate surface area is 93.8 Å². The fraction of sp³-hybridized carbons (Fsp3) is 0.364. The molecule has 16 heavy (non-hydrogen) atoms. The molecule has 0 aliphatic heterocycles. The number of nitrogens with zero attached hydrogens (tertiary/aromatic N) is 1. The maximum absolute atomic E-state index is 5.54. The van der Waals surface area contributed by atoms with Gasteiger partial charge in [0.05, 0.1) is 12.8 Å². The fourth-order valence-electron chi connectivity index (χ4n) is 1.46. The molecule has 0 spiro atoms. The minimum absolute atomic E-state index is 0.597. The van der Waals surface area contributed by atoms with Gasteiger partial charge in [0.15, 0.2) is 5.76 Å². The van der Waals surface area contributed by atoms with E-state index in [2.05, 4.69) is 15.7 Å². The lowest BCUT2D eigenvalue weighted by Crippen LogP contribution is -2.13. The lowest BCUT2D eigenvalue weighted by molar-refractivity contribution is 0.0464. The molecule has 0 radical (unpaired) electrons. The third kappa shape index (κ3) is 2.32. The van der Waals surface area contributed by atoms with E-state index in [4.69, 9.17) is 9.25 Å². The highest BCUT2D eigenvalue weighted by Gasteiger charge is 2.10. The second kappa shape index (κ2) is 4.96. The Morgan fingerprint density at radius 3 is 3.06 bits per heavy atom. The van der Waals surface area contributed by atoms with Crippen LogP contribution in [0.3, 0.4) is 0 Å². The predicted octanol–water partition coefficient (Wildman–Crippen LogP) is 2.02. The van der Waals surface area contributed by atoms with Crippen LogP contribution in [0.25, 0.3) is 11.5 Å². The highest BCUT2D eigenvalue weighted by Crippen LogP contribution is 2.22. The molecule has 2 rings (SSSR count). The second-order valence-electron chi connectivity index (χ2n) is 3.43. The van der Waals surface area contributed by atoms with Gasteiger partial charge in [0.2, 0.25) is 0 Å². The Kier molecular flexibility index (Phi) is 3.38. The minimum atomic E-state index is 0.597. The number of H-pyrrole nitrogens is 1. The molecule has 0 fully saturated rings. The van der Waals surface area contributed by atoms with Crippen LogP contribution in [0.1, 0.15) is 18.2 Å². The van der Waals surface area contributed by atoms with Crippen molar-refractivity contribution in [3.8, 4) is 11.5 Å². The number of furan rings is 1. The monoisotopic (exact) mass is 221 g/mol. The summed E-state index contributed by atoms with van der Waals surface area (Å²) in [6.45, 7) is 5.07. The first-order chi connectivity index (χ1) is 7.81. The molecular formula is C11H15N3O2. The van der Waals surface area contributed by atoms with Gasteiger partial charge in [-0.1, -0.05) is 0 Å². The van der Waals surface area contributed by atoms with Crippen molar-refractivity contribution in [1.82, 2.24) is 15.7 Å². The van der Waals surface area contributed by atoms with Gasteiger partial charge in [-0.2, -0.15) is 10.6 Å². The summed E-state index contributed by atoms with van der Waals surface area (Å²) < 4.78 is 5.54. The largest absolute Gasteiger partial charge is 0.460 e. The van der Waals surface area contributed by atoms with Crippen LogP contribution in [0.5, 0.6) is 0 Å². The first kappa shape index (κ1) is 10.9. The molecule has 5 nitrogen and oxygen atoms in total. The molecule has 2 heterocycles. The number of aromatic nitrogens is 2. The number of rotatable bonds is 5. The van der Waals surface area contributed by atoms with E-state index < -0.39 is 0 Å². The van der Waals surface area contributed by atoms with E-state index in [1.165, 1.54) is 0 Å². The van der Waals surface area contributed by atoms with Crippen LogP contribution < -0.4 is 5.48 Å². The molecule has 0 aliphatic rings. The molecule has 0 saturated carbocycles. The van der Waals surface area contributed by atoms with Crippen molar-refractivity contribution in [3.05, 3.63) is 29.7 Å². The molecule has 0 unspecified atom stereocenters. The van der Waals surface area contributed by atoms with E-state index in [-0.39, 0.29) is 0 Å². The predicted molar refractivity (Wildman–Crippen MR) is 59.5 cm³/mol. The van der Waals surface area contributed by atoms with Crippen LogP contribution in [0.4, 0.5) is 0 Å². The Balaban J connectivity index is 2.12. The van der Waals surface area contributed by atoms with Crippen molar-refractivity contribution < 1.29 is 9.25 Å². The SMILES string of the molecule is CCONCc1cn[nH]c1-c1ccc(C)o1. The van der Waals surface area contributed by atoms with Gasteiger partial charge in [-0.05, 0) is 26.0 Å². The van der Waals surface area contributed by atoms with Gasteiger partial charge in [-0.3, -0.25) is 5.10 Å². The highest BCUT2D eigenvalue weighted by molar-refractivity contribution is 5.56. The number of aryl methyl sites for hydroxylation is 1. The topological polar surface area (TPSA) is 63.1 Å². The Bertz CT molecular complexity index is 448. The summed E-state index contributed by atoms with van der Waals surface area (Å²) in [4.78, 5) is 5.08. The van der Waals surface area contributed by atoms with E-state index in [1.807, 2.05) is 26.0 Å². The lowest BCUT2D eigenvalue weighted by Gasteiger charge is -2.02. The van der Waals surface area contributed by atoms with Crippen molar-refractivity contribution in [2.45, 2.75) is 20.4 Å². The van der Waals surface area contributed by atoms with Crippen molar-refractivity contribution >= 4 is 0 Å². The number of hydrogen-bond acceptors (Lipinski definition) is 4. The number of nitrogens with one attached hydrogen (secondary N) is 2. The summed E-state index contributed by atoms with van der Waals surface area (Å²) in [5, 5.41) is 6.93. The fourth-order valence-corrected chi connectivity index (χ4v) is 1.46. The Morgan fingerprint density at radius 1 is 1.50 bits per heavy atom. The normalized spacial score (nSPS) is 10.9. The lowest BCUT2D eigenvalue weighted by atomic mass is 10.2. The summed E-state index contributed by atoms with van der Waals surface area (Å²) in [5.41, 5.74) is 4.76. The van der Waals surface area contributed by atoms with Gasteiger partial charge in [-0.15, -0.1) is 0 Å². The Hall–Kier alpha value is -1.59. The van der Waals surface area contributed by atoms with E-state index in [9.17, 15) is 0 Å². The van der Waals surface area contributed by atoms with Gasteiger partial charge in [0.25, 0.3) is 0 Å². The third-order valence-electron chi connectivity index (χ3n) is 2.21. The van der Waals surface area contributed by atoms with E-state index >= 15 is 0 Å². The Morgan fingerprint density at radius 2 is 2.38 bits per heavy atom. The molecule has 0 bridgehead atoms. The van der Waals surface area contributed by atoms with E-state index in [1.54, 1.807) is 6.20 Å². The molecular weight excluding hydrogens is 206 g/mol. The molecule has 2 aromatic heterocycles. The standard InChI is InChI=1S/C11H15N3O2/c1-3-15-13-7-9-6-12-14-11(9)10-5-4-8(2)16-10/h4-6,13H,3,7H2,1-2H3,(H,12,14). The zero-order valence-electron chi connectivity index (χ0n) is 9.41. The highest BCUT2D eigenvalue weighted by atomic mass is 16.6. The molecule has 0 atom stereocenters. The average Bonchev–Trinajstić information content (AvgIpc) is 2.87. The van der Waals surface area contributed by atoms with Crippen LogP contribution in [0.15, 0.2) is 22.7 Å². The number of hydrogen-bond donors (Lipinski definition) is 2. The van der Waals surface area contributed by atoms with Crippen LogP contribution >= 0.6 is 0 Å². The minimum Gasteiger partial charge on any atom is -0.460 e. The quantitative estimate of drug-likeness (QED) is 0.599. The van der Waals surface area contributed by atoms with Gasteiger partial charge >= 0.3 is 0 Å². The van der Waals surface area contributed by atoms with Crippen molar-refractivity contribution in [2.75, 3.05) is 6.61 Å². The summed E-state index contributed by atoms with van der Waals surface area (Å²) in [5.74, 6) is 1.68. The summed E-state index contributed by atoms with van der Waals surface area (Å²) in [6, 6.07) is 3.85. The van der Waals surface area contributed by atoms with Crippen molar-refractivity contribution in [1.29, 1.82) is 0 Å². The van der Waals surface area contributed by atoms with Gasteiger partial charge < -0.3 is 9.25 Å². The van der Waals surface area contributed by atoms with E-state index in [0.717, 1.165) is 22.8 Å². The maximum atomic E-state index is 5.54. The number of hydroxylamine groups is 1. The summed E-state index contributed by atoms with van der Waals surface area (Å²) in [7, 11) is 0. The second-order valence-corrected chi connectivity index (χ2v) is 3.43. The first-order valence-electron chi connectivity index (χ1n) is 5.25. The molecule has 86 valence electrons. The zero-order chi connectivity index (χ0) is 11.4.